The van der Waals surface area contributed by atoms with Crippen LogP contribution in [0.15, 0.2) is 52.3 Å². The van der Waals surface area contributed by atoms with Gasteiger partial charge in [-0.2, -0.15) is 0 Å². The van der Waals surface area contributed by atoms with Crippen LogP contribution in [0.2, 0.25) is 0 Å². The van der Waals surface area contributed by atoms with Crippen LogP contribution in [0.25, 0.3) is 33.5 Å². The van der Waals surface area contributed by atoms with E-state index in [1.54, 1.807) is 22.4 Å². The monoisotopic (exact) mass is 373 g/mol. The third-order valence-corrected chi connectivity index (χ3v) is 5.02. The summed E-state index contributed by atoms with van der Waals surface area (Å²) in [5.74, 6) is 0.703. The Bertz CT molecular complexity index is 1260. The van der Waals surface area contributed by atoms with Gasteiger partial charge in [-0.3, -0.25) is 14.1 Å². The second kappa shape index (κ2) is 6.96. The molecule has 6 nitrogen and oxygen atoms in total. The third-order valence-electron chi connectivity index (χ3n) is 5.02. The number of aromatic amines is 1. The van der Waals surface area contributed by atoms with E-state index in [1.807, 2.05) is 38.2 Å². The molecule has 2 heterocycles. The largest absolute Gasteiger partial charge is 0.337 e. The second-order valence-electron chi connectivity index (χ2n) is 6.89. The van der Waals surface area contributed by atoms with E-state index in [0.717, 1.165) is 33.5 Å². The molecule has 0 atom stereocenters. The number of aliphatic imine (C=N–C) groups is 1. The first-order valence-electron chi connectivity index (χ1n) is 9.32. The fourth-order valence-corrected chi connectivity index (χ4v) is 3.65. The summed E-state index contributed by atoms with van der Waals surface area (Å²) < 4.78 is 3.47. The van der Waals surface area contributed by atoms with E-state index >= 15 is 0 Å². The van der Waals surface area contributed by atoms with Gasteiger partial charge in [-0.25, -0.2) is 9.78 Å². The molecule has 0 saturated heterocycles. The molecule has 28 heavy (non-hydrogen) atoms. The Labute approximate surface area is 163 Å². The van der Waals surface area contributed by atoms with E-state index in [4.69, 9.17) is 4.98 Å². The average molecular weight is 373 g/mol. The Morgan fingerprint density at radius 1 is 1.14 bits per heavy atom. The number of H-pyrrole nitrogens is 1. The lowest BCUT2D eigenvalue weighted by Gasteiger charge is -2.06. The number of rotatable bonds is 4. The average Bonchev–Trinajstić information content (AvgIpc) is 3.22. The lowest BCUT2D eigenvalue weighted by atomic mass is 10.0. The van der Waals surface area contributed by atoms with Crippen molar-refractivity contribution in [1.82, 2.24) is 19.1 Å². The standard InChI is InChI=1S/C22H23N5O/c1-5-27-17-10-9-16(12-18(17)26(4)22(27)28)21-20(24-19(25-21)13-23-3)15-8-6-7-14(2)11-15/h6-13H,5H2,1-4H3,(H,24,25). The topological polar surface area (TPSA) is 68.0 Å². The maximum atomic E-state index is 12.5. The Morgan fingerprint density at radius 3 is 2.68 bits per heavy atom. The van der Waals surface area contributed by atoms with Crippen LogP contribution in [0.1, 0.15) is 18.3 Å². The molecule has 6 heteroatoms. The summed E-state index contributed by atoms with van der Waals surface area (Å²) in [5.41, 5.74) is 6.83. The Hall–Kier alpha value is -3.41. The van der Waals surface area contributed by atoms with Gasteiger partial charge in [0.25, 0.3) is 0 Å². The van der Waals surface area contributed by atoms with Crippen LogP contribution in [0.4, 0.5) is 0 Å². The first-order valence-corrected chi connectivity index (χ1v) is 9.32. The number of nitrogens with zero attached hydrogens (tertiary/aromatic N) is 4. The minimum Gasteiger partial charge on any atom is -0.337 e. The van der Waals surface area contributed by atoms with Crippen LogP contribution >= 0.6 is 0 Å². The summed E-state index contributed by atoms with van der Waals surface area (Å²) in [5, 5.41) is 0. The van der Waals surface area contributed by atoms with E-state index in [0.29, 0.717) is 12.4 Å². The van der Waals surface area contributed by atoms with Crippen molar-refractivity contribution in [3.8, 4) is 22.5 Å². The number of benzene rings is 2. The number of aryl methyl sites for hydroxylation is 3. The molecule has 1 N–H and O–H groups in total. The smallest absolute Gasteiger partial charge is 0.328 e. The van der Waals surface area contributed by atoms with Gasteiger partial charge in [-0.05, 0) is 32.0 Å². The van der Waals surface area contributed by atoms with Gasteiger partial charge in [0, 0.05) is 31.8 Å². The molecule has 0 radical (unpaired) electrons. The number of hydrogen-bond acceptors (Lipinski definition) is 3. The molecule has 0 aliphatic carbocycles. The van der Waals surface area contributed by atoms with Crippen LogP contribution in [-0.2, 0) is 13.6 Å². The molecule has 4 aromatic rings. The summed E-state index contributed by atoms with van der Waals surface area (Å²) in [4.78, 5) is 24.7. The molecular formula is C22H23N5O. The zero-order chi connectivity index (χ0) is 19.8. The number of hydrogen-bond donors (Lipinski definition) is 1. The molecule has 2 aromatic heterocycles. The molecular weight excluding hydrogens is 350 g/mol. The van der Waals surface area contributed by atoms with Crippen LogP contribution in [0.3, 0.4) is 0 Å². The Morgan fingerprint density at radius 2 is 1.96 bits per heavy atom. The van der Waals surface area contributed by atoms with Crippen LogP contribution in [0, 0.1) is 6.92 Å². The van der Waals surface area contributed by atoms with Crippen molar-refractivity contribution < 1.29 is 0 Å². The fraction of sp³-hybridized carbons (Fsp3) is 0.227. The third kappa shape index (κ3) is 2.87. The first-order chi connectivity index (χ1) is 13.5. The molecule has 0 aliphatic heterocycles. The van der Waals surface area contributed by atoms with Crippen LogP contribution in [-0.4, -0.2) is 32.4 Å². The van der Waals surface area contributed by atoms with Crippen LogP contribution in [0.5, 0.6) is 0 Å². The van der Waals surface area contributed by atoms with Crippen molar-refractivity contribution in [2.45, 2.75) is 20.4 Å². The van der Waals surface area contributed by atoms with Gasteiger partial charge in [0.2, 0.25) is 0 Å². The van der Waals surface area contributed by atoms with Crippen LogP contribution < -0.4 is 5.69 Å². The molecule has 0 fully saturated rings. The van der Waals surface area contributed by atoms with Gasteiger partial charge < -0.3 is 4.98 Å². The maximum absolute atomic E-state index is 12.5. The van der Waals surface area contributed by atoms with E-state index in [9.17, 15) is 4.79 Å². The quantitative estimate of drug-likeness (QED) is 0.553. The molecule has 0 spiro atoms. The van der Waals surface area contributed by atoms with E-state index in [2.05, 4.69) is 35.1 Å². The second-order valence-corrected chi connectivity index (χ2v) is 6.89. The van der Waals surface area contributed by atoms with Crippen molar-refractivity contribution >= 4 is 17.2 Å². The number of fused-ring (bicyclic) bond motifs is 1. The SMILES string of the molecule is CCn1c(=O)n(C)c2cc(-c3[nH]c(C=NC)nc3-c3cccc(C)c3)ccc21. The van der Waals surface area contributed by atoms with Gasteiger partial charge in [0.05, 0.1) is 28.6 Å². The molecule has 0 amide bonds. The normalized spacial score (nSPS) is 11.7. The van der Waals surface area contributed by atoms with E-state index in [-0.39, 0.29) is 5.69 Å². The van der Waals surface area contributed by atoms with E-state index < -0.39 is 0 Å². The highest BCUT2D eigenvalue weighted by Gasteiger charge is 2.16. The zero-order valence-electron chi connectivity index (χ0n) is 16.5. The van der Waals surface area contributed by atoms with Gasteiger partial charge in [0.1, 0.15) is 5.82 Å². The molecule has 0 unspecified atom stereocenters. The predicted octanol–water partition coefficient (Wildman–Crippen LogP) is 3.77. The first kappa shape index (κ1) is 18.0. The summed E-state index contributed by atoms with van der Waals surface area (Å²) in [7, 11) is 3.54. The van der Waals surface area contributed by atoms with Crippen molar-refractivity contribution in [1.29, 1.82) is 0 Å². The minimum absolute atomic E-state index is 0.00280. The van der Waals surface area contributed by atoms with Gasteiger partial charge in [0.15, 0.2) is 0 Å². The molecule has 2 aromatic carbocycles. The van der Waals surface area contributed by atoms with Gasteiger partial charge in [-0.15, -0.1) is 0 Å². The van der Waals surface area contributed by atoms with E-state index in [1.165, 1.54) is 5.56 Å². The highest BCUT2D eigenvalue weighted by Crippen LogP contribution is 2.32. The van der Waals surface area contributed by atoms with Gasteiger partial charge >= 0.3 is 5.69 Å². The minimum atomic E-state index is -0.00280. The van der Waals surface area contributed by atoms with Gasteiger partial charge in [-0.1, -0.05) is 29.8 Å². The number of imidazole rings is 2. The summed E-state index contributed by atoms with van der Waals surface area (Å²) in [6.45, 7) is 4.70. The maximum Gasteiger partial charge on any atom is 0.328 e. The Kier molecular flexibility index (Phi) is 4.47. The predicted molar refractivity (Wildman–Crippen MR) is 114 cm³/mol. The molecule has 4 rings (SSSR count). The summed E-state index contributed by atoms with van der Waals surface area (Å²) in [6, 6.07) is 14.4. The van der Waals surface area contributed by atoms with Crippen molar-refractivity contribution in [3.05, 3.63) is 64.3 Å². The highest BCUT2D eigenvalue weighted by atomic mass is 16.1. The summed E-state index contributed by atoms with van der Waals surface area (Å²) >= 11 is 0. The zero-order valence-corrected chi connectivity index (χ0v) is 16.5. The molecule has 0 bridgehead atoms. The molecule has 0 aliphatic rings. The number of aromatic nitrogens is 4. The molecule has 0 saturated carbocycles. The number of nitrogens with one attached hydrogen (secondary N) is 1. The summed E-state index contributed by atoms with van der Waals surface area (Å²) in [6.07, 6.45) is 1.71. The lowest BCUT2D eigenvalue weighted by Crippen LogP contribution is -2.21. The Balaban J connectivity index is 1.96. The highest BCUT2D eigenvalue weighted by molar-refractivity contribution is 5.88. The van der Waals surface area contributed by atoms with Crippen molar-refractivity contribution in [3.63, 3.8) is 0 Å². The fourth-order valence-electron chi connectivity index (χ4n) is 3.65. The van der Waals surface area contributed by atoms with Crippen molar-refractivity contribution in [2.75, 3.05) is 7.05 Å². The van der Waals surface area contributed by atoms with Crippen molar-refractivity contribution in [2.24, 2.45) is 12.0 Å². The lowest BCUT2D eigenvalue weighted by molar-refractivity contribution is 0.712. The molecule has 142 valence electrons.